The molecule has 0 saturated heterocycles. The summed E-state index contributed by atoms with van der Waals surface area (Å²) in [5, 5.41) is 0.788. The Morgan fingerprint density at radius 3 is 2.55 bits per heavy atom. The first-order chi connectivity index (χ1) is 9.50. The molecule has 0 atom stereocenters. The molecule has 0 amide bonds. The van der Waals surface area contributed by atoms with E-state index in [-0.39, 0.29) is 4.90 Å². The Labute approximate surface area is 125 Å². The van der Waals surface area contributed by atoms with Gasteiger partial charge in [-0.05, 0) is 47.1 Å². The van der Waals surface area contributed by atoms with Crippen LogP contribution in [0.5, 0.6) is 0 Å². The Hall–Kier alpha value is -1.66. The molecular formula is C14H11BrN2O2S. The average Bonchev–Trinajstić information content (AvgIpc) is 2.75. The van der Waals surface area contributed by atoms with Gasteiger partial charge in [0.05, 0.1) is 4.90 Å². The second-order valence-corrected chi connectivity index (χ2v) is 7.14. The second kappa shape index (κ2) is 4.71. The highest BCUT2D eigenvalue weighted by Gasteiger charge is 2.21. The molecule has 0 saturated carbocycles. The van der Waals surface area contributed by atoms with Crippen molar-refractivity contribution in [3.8, 4) is 0 Å². The minimum atomic E-state index is -3.63. The summed E-state index contributed by atoms with van der Waals surface area (Å²) in [7, 11) is -3.63. The normalized spacial score (nSPS) is 11.9. The van der Waals surface area contributed by atoms with Crippen molar-refractivity contribution in [2.24, 2.45) is 0 Å². The van der Waals surface area contributed by atoms with Crippen molar-refractivity contribution in [2.45, 2.75) is 11.8 Å². The molecule has 2 aromatic heterocycles. The number of aryl methyl sites for hydroxylation is 1. The Balaban J connectivity index is 2.32. The molecule has 1 aromatic carbocycles. The van der Waals surface area contributed by atoms with Gasteiger partial charge in [0.2, 0.25) is 0 Å². The van der Waals surface area contributed by atoms with Crippen molar-refractivity contribution in [1.82, 2.24) is 8.96 Å². The number of hydrogen-bond acceptors (Lipinski definition) is 3. The molecule has 6 heteroatoms. The molecule has 4 nitrogen and oxygen atoms in total. The van der Waals surface area contributed by atoms with Gasteiger partial charge in [-0.25, -0.2) is 17.4 Å². The van der Waals surface area contributed by atoms with Gasteiger partial charge in [0.25, 0.3) is 10.0 Å². The molecular weight excluding hydrogens is 340 g/mol. The minimum Gasteiger partial charge on any atom is -0.236 e. The van der Waals surface area contributed by atoms with Crippen LogP contribution in [0.3, 0.4) is 0 Å². The Bertz CT molecular complexity index is 886. The maximum atomic E-state index is 12.7. The number of aromatic nitrogens is 2. The van der Waals surface area contributed by atoms with E-state index in [9.17, 15) is 8.42 Å². The molecule has 3 rings (SSSR count). The maximum absolute atomic E-state index is 12.7. The third-order valence-corrected chi connectivity index (χ3v) is 5.26. The van der Waals surface area contributed by atoms with Gasteiger partial charge in [-0.15, -0.1) is 0 Å². The lowest BCUT2D eigenvalue weighted by Gasteiger charge is -2.09. The summed E-state index contributed by atoms with van der Waals surface area (Å²) in [6.07, 6.45) is 1.60. The molecule has 102 valence electrons. The molecule has 0 radical (unpaired) electrons. The van der Waals surface area contributed by atoms with Crippen molar-refractivity contribution in [2.75, 3.05) is 0 Å². The number of hydrogen-bond donors (Lipinski definition) is 0. The monoisotopic (exact) mass is 350 g/mol. The zero-order valence-electron chi connectivity index (χ0n) is 10.6. The predicted octanol–water partition coefficient (Wildman–Crippen LogP) is 3.34. The number of rotatable bonds is 2. The quantitative estimate of drug-likeness (QED) is 0.712. The average molecular weight is 351 g/mol. The Morgan fingerprint density at radius 2 is 1.85 bits per heavy atom. The van der Waals surface area contributed by atoms with Gasteiger partial charge in [0.1, 0.15) is 0 Å². The first-order valence-electron chi connectivity index (χ1n) is 5.94. The molecule has 0 N–H and O–H groups in total. The minimum absolute atomic E-state index is 0.255. The van der Waals surface area contributed by atoms with Crippen LogP contribution in [-0.2, 0) is 10.0 Å². The number of pyridine rings is 1. The van der Waals surface area contributed by atoms with Crippen LogP contribution in [0.4, 0.5) is 0 Å². The lowest BCUT2D eigenvalue weighted by atomic mass is 10.3. The predicted molar refractivity (Wildman–Crippen MR) is 81.2 cm³/mol. The highest BCUT2D eigenvalue weighted by atomic mass is 79.9. The maximum Gasteiger partial charge on any atom is 0.269 e. The van der Waals surface area contributed by atoms with Gasteiger partial charge in [-0.1, -0.05) is 18.2 Å². The van der Waals surface area contributed by atoms with Gasteiger partial charge in [-0.2, -0.15) is 0 Å². The first kappa shape index (κ1) is 13.3. The number of halogens is 1. The topological polar surface area (TPSA) is 52.0 Å². The zero-order chi connectivity index (χ0) is 14.3. The molecule has 0 aliphatic rings. The van der Waals surface area contributed by atoms with E-state index in [4.69, 9.17) is 0 Å². The van der Waals surface area contributed by atoms with Crippen LogP contribution < -0.4 is 0 Å². The molecule has 0 bridgehead atoms. The van der Waals surface area contributed by atoms with E-state index in [1.54, 1.807) is 43.5 Å². The molecule has 0 fully saturated rings. The molecule has 0 spiro atoms. The number of nitrogens with zero attached hydrogens (tertiary/aromatic N) is 2. The van der Waals surface area contributed by atoms with E-state index >= 15 is 0 Å². The molecule has 0 aliphatic heterocycles. The van der Waals surface area contributed by atoms with Crippen LogP contribution >= 0.6 is 15.9 Å². The summed E-state index contributed by atoms with van der Waals surface area (Å²) in [5.41, 5.74) is 1.07. The smallest absolute Gasteiger partial charge is 0.236 e. The van der Waals surface area contributed by atoms with Crippen molar-refractivity contribution < 1.29 is 8.42 Å². The third kappa shape index (κ3) is 2.05. The molecule has 0 aliphatic carbocycles. The van der Waals surface area contributed by atoms with Crippen LogP contribution in [0.1, 0.15) is 5.69 Å². The lowest BCUT2D eigenvalue weighted by Crippen LogP contribution is -2.14. The fourth-order valence-electron chi connectivity index (χ4n) is 2.18. The zero-order valence-corrected chi connectivity index (χ0v) is 13.0. The number of fused-ring (bicyclic) bond motifs is 1. The van der Waals surface area contributed by atoms with Crippen LogP contribution in [-0.4, -0.2) is 17.4 Å². The highest BCUT2D eigenvalue weighted by Crippen LogP contribution is 2.25. The fourth-order valence-corrected chi connectivity index (χ4v) is 4.05. The van der Waals surface area contributed by atoms with Crippen molar-refractivity contribution in [3.05, 3.63) is 58.8 Å². The summed E-state index contributed by atoms with van der Waals surface area (Å²) in [5.74, 6) is 0. The van der Waals surface area contributed by atoms with E-state index in [2.05, 4.69) is 20.9 Å². The molecule has 3 aromatic rings. The Kier molecular flexibility index (Phi) is 3.14. The first-order valence-corrected chi connectivity index (χ1v) is 8.18. The van der Waals surface area contributed by atoms with E-state index in [0.29, 0.717) is 11.3 Å². The van der Waals surface area contributed by atoms with Gasteiger partial charge in [0, 0.05) is 21.7 Å². The van der Waals surface area contributed by atoms with Crippen LogP contribution in [0.15, 0.2) is 58.0 Å². The van der Waals surface area contributed by atoms with E-state index in [1.165, 1.54) is 3.97 Å². The van der Waals surface area contributed by atoms with E-state index < -0.39 is 10.0 Å². The van der Waals surface area contributed by atoms with Crippen LogP contribution in [0, 0.1) is 6.92 Å². The SMILES string of the molecule is Cc1cc2cc(Br)cnc2n1S(=O)(=O)c1ccccc1. The highest BCUT2D eigenvalue weighted by molar-refractivity contribution is 9.10. The van der Waals surface area contributed by atoms with Gasteiger partial charge >= 0.3 is 0 Å². The summed E-state index contributed by atoms with van der Waals surface area (Å²) >= 11 is 3.34. The summed E-state index contributed by atoms with van der Waals surface area (Å²) in [6.45, 7) is 1.76. The summed E-state index contributed by atoms with van der Waals surface area (Å²) in [6, 6.07) is 12.0. The van der Waals surface area contributed by atoms with Crippen molar-refractivity contribution in [1.29, 1.82) is 0 Å². The van der Waals surface area contributed by atoms with Crippen LogP contribution in [0.25, 0.3) is 11.0 Å². The van der Waals surface area contributed by atoms with Crippen LogP contribution in [0.2, 0.25) is 0 Å². The van der Waals surface area contributed by atoms with Gasteiger partial charge in [-0.3, -0.25) is 0 Å². The molecule has 20 heavy (non-hydrogen) atoms. The molecule has 0 unspecified atom stereocenters. The third-order valence-electron chi connectivity index (χ3n) is 3.02. The summed E-state index contributed by atoms with van der Waals surface area (Å²) < 4.78 is 27.6. The van der Waals surface area contributed by atoms with Gasteiger partial charge in [0.15, 0.2) is 5.65 Å². The summed E-state index contributed by atoms with van der Waals surface area (Å²) in [4.78, 5) is 4.49. The van der Waals surface area contributed by atoms with Crippen molar-refractivity contribution in [3.63, 3.8) is 0 Å². The number of benzene rings is 1. The second-order valence-electron chi connectivity index (χ2n) is 4.43. The lowest BCUT2D eigenvalue weighted by molar-refractivity contribution is 0.587. The molecule has 2 heterocycles. The Morgan fingerprint density at radius 1 is 1.15 bits per heavy atom. The van der Waals surface area contributed by atoms with Crippen molar-refractivity contribution >= 4 is 37.0 Å². The van der Waals surface area contributed by atoms with E-state index in [0.717, 1.165) is 9.86 Å². The standard InChI is InChI=1S/C14H11BrN2O2S/c1-10-7-11-8-12(15)9-16-14(11)17(10)20(18,19)13-5-3-2-4-6-13/h2-9H,1H3. The fraction of sp³-hybridized carbons (Fsp3) is 0.0714. The van der Waals surface area contributed by atoms with Gasteiger partial charge < -0.3 is 0 Å². The largest absolute Gasteiger partial charge is 0.269 e. The van der Waals surface area contributed by atoms with E-state index in [1.807, 2.05) is 12.1 Å².